The molecule has 1 aromatic heterocycles. The number of hydrogen-bond donors (Lipinski definition) is 1. The molecule has 2 rings (SSSR count). The molecule has 1 aliphatic rings. The first kappa shape index (κ1) is 16.2. The molecule has 20 heavy (non-hydrogen) atoms. The molecule has 0 amide bonds. The van der Waals surface area contributed by atoms with Gasteiger partial charge < -0.3 is 10.2 Å². The van der Waals surface area contributed by atoms with Crippen molar-refractivity contribution in [2.45, 2.75) is 0 Å². The summed E-state index contributed by atoms with van der Waals surface area (Å²) in [6.45, 7) is 4.74. The Morgan fingerprint density at radius 3 is 2.30 bits per heavy atom. The van der Waals surface area contributed by atoms with Crippen molar-refractivity contribution >= 4 is 23.0 Å². The number of nitrogens with one attached hydrogen (secondary N) is 1. The summed E-state index contributed by atoms with van der Waals surface area (Å²) in [4.78, 5) is 24.5. The third-order valence-electron chi connectivity index (χ3n) is 2.55. The van der Waals surface area contributed by atoms with Gasteiger partial charge in [-0.15, -0.1) is 0 Å². The average molecular weight is 304 g/mol. The number of likely N-dealkylation sites (N-methyl/N-ethyl adjacent to an activating group) is 1. The van der Waals surface area contributed by atoms with Gasteiger partial charge in [-0.2, -0.15) is 0 Å². The Bertz CT molecular complexity index is 493. The van der Waals surface area contributed by atoms with Crippen molar-refractivity contribution < 1.29 is 9.85 Å². The van der Waals surface area contributed by atoms with Gasteiger partial charge in [0.1, 0.15) is 6.20 Å². The van der Waals surface area contributed by atoms with Gasteiger partial charge in [-0.1, -0.05) is 11.6 Å². The van der Waals surface area contributed by atoms with Gasteiger partial charge in [0.25, 0.3) is 5.69 Å². The molecule has 1 fully saturated rings. The predicted molar refractivity (Wildman–Crippen MR) is 72.9 cm³/mol. The lowest BCUT2D eigenvalue weighted by Crippen LogP contribution is -2.40. The number of nitrogens with zero attached hydrogens (tertiary/aromatic N) is 4. The van der Waals surface area contributed by atoms with Gasteiger partial charge in [-0.3, -0.25) is 20.2 Å². The maximum Gasteiger partial charge on any atom is 0.313 e. The van der Waals surface area contributed by atoms with Crippen molar-refractivity contribution in [2.75, 3.05) is 33.2 Å². The molecule has 110 valence electrons. The van der Waals surface area contributed by atoms with Crippen LogP contribution < -0.4 is 5.32 Å². The van der Waals surface area contributed by atoms with E-state index in [9.17, 15) is 20.2 Å². The standard InChI is InChI=1S/C5H2ClN3O4.C5H12N2/c6-5-4(9(12)13)1-3(2-7-5)8(10)11;1-7-4-2-6-3-5-7/h1-2H;6H,2-5H2,1H3. The van der Waals surface area contributed by atoms with Gasteiger partial charge in [-0.05, 0) is 7.05 Å². The highest BCUT2D eigenvalue weighted by Crippen LogP contribution is 2.25. The van der Waals surface area contributed by atoms with Crippen molar-refractivity contribution in [2.24, 2.45) is 0 Å². The van der Waals surface area contributed by atoms with Crippen LogP contribution in [0.2, 0.25) is 5.15 Å². The lowest BCUT2D eigenvalue weighted by molar-refractivity contribution is -0.394. The monoisotopic (exact) mass is 303 g/mol. The number of nitro groups is 2. The SMILES string of the molecule is CN1CCNCC1.O=[N+]([O-])c1cnc(Cl)c([N+](=O)[O-])c1. The highest BCUT2D eigenvalue weighted by molar-refractivity contribution is 6.31. The Kier molecular flexibility index (Phi) is 6.22. The summed E-state index contributed by atoms with van der Waals surface area (Å²) in [5.41, 5.74) is -1.04. The zero-order valence-corrected chi connectivity index (χ0v) is 11.5. The Morgan fingerprint density at radius 1 is 1.30 bits per heavy atom. The molecule has 0 unspecified atom stereocenters. The van der Waals surface area contributed by atoms with Crippen LogP contribution in [0.4, 0.5) is 11.4 Å². The Labute approximate surface area is 119 Å². The summed E-state index contributed by atoms with van der Waals surface area (Å²) in [5.74, 6) is 0. The molecule has 9 nitrogen and oxygen atoms in total. The molecule has 0 bridgehead atoms. The first-order valence-electron chi connectivity index (χ1n) is 5.75. The fraction of sp³-hybridized carbons (Fsp3) is 0.500. The van der Waals surface area contributed by atoms with Crippen molar-refractivity contribution in [1.82, 2.24) is 15.2 Å². The molecular formula is C10H14ClN5O4. The highest BCUT2D eigenvalue weighted by Gasteiger charge is 2.19. The van der Waals surface area contributed by atoms with Gasteiger partial charge in [-0.25, -0.2) is 4.98 Å². The zero-order valence-electron chi connectivity index (χ0n) is 10.8. The topological polar surface area (TPSA) is 114 Å². The molecule has 1 N–H and O–H groups in total. The number of pyridine rings is 1. The van der Waals surface area contributed by atoms with Crippen LogP contribution in [0.25, 0.3) is 0 Å². The number of aromatic nitrogens is 1. The summed E-state index contributed by atoms with van der Waals surface area (Å²) in [6.07, 6.45) is 0.856. The summed E-state index contributed by atoms with van der Waals surface area (Å²) >= 11 is 5.32. The lowest BCUT2D eigenvalue weighted by atomic mass is 10.4. The quantitative estimate of drug-likeness (QED) is 0.493. The van der Waals surface area contributed by atoms with Gasteiger partial charge in [0.05, 0.1) is 15.9 Å². The Balaban J connectivity index is 0.000000240. The van der Waals surface area contributed by atoms with Crippen molar-refractivity contribution in [3.63, 3.8) is 0 Å². The molecule has 0 spiro atoms. The third kappa shape index (κ3) is 5.03. The van der Waals surface area contributed by atoms with Crippen LogP contribution in [0.3, 0.4) is 0 Å². The van der Waals surface area contributed by atoms with E-state index in [2.05, 4.69) is 22.2 Å². The van der Waals surface area contributed by atoms with Crippen LogP contribution in [0.1, 0.15) is 0 Å². The molecule has 10 heteroatoms. The van der Waals surface area contributed by atoms with Crippen LogP contribution in [-0.4, -0.2) is 53.0 Å². The average Bonchev–Trinajstić information content (AvgIpc) is 2.40. The van der Waals surface area contributed by atoms with E-state index in [1.54, 1.807) is 0 Å². The largest absolute Gasteiger partial charge is 0.314 e. The summed E-state index contributed by atoms with van der Waals surface area (Å²) < 4.78 is 0. The molecule has 1 aromatic rings. The van der Waals surface area contributed by atoms with Crippen molar-refractivity contribution in [3.05, 3.63) is 37.6 Å². The zero-order chi connectivity index (χ0) is 15.1. The van der Waals surface area contributed by atoms with E-state index >= 15 is 0 Å². The normalized spacial score (nSPS) is 15.1. The second-order valence-electron chi connectivity index (χ2n) is 4.07. The molecule has 1 saturated heterocycles. The fourth-order valence-electron chi connectivity index (χ4n) is 1.43. The number of piperazine rings is 1. The van der Waals surface area contributed by atoms with E-state index in [1.165, 1.54) is 13.1 Å². The highest BCUT2D eigenvalue weighted by atomic mass is 35.5. The molecule has 2 heterocycles. The number of hydrogen-bond acceptors (Lipinski definition) is 7. The van der Waals surface area contributed by atoms with Gasteiger partial charge in [0.15, 0.2) is 0 Å². The number of halogens is 1. The summed E-state index contributed by atoms with van der Waals surface area (Å²) in [6, 6.07) is 0.759. The molecule has 0 atom stereocenters. The second-order valence-corrected chi connectivity index (χ2v) is 4.43. The van der Waals surface area contributed by atoms with E-state index in [1.807, 2.05) is 0 Å². The Hall–Kier alpha value is -1.84. The van der Waals surface area contributed by atoms with E-state index < -0.39 is 21.2 Å². The minimum absolute atomic E-state index is 0.365. The van der Waals surface area contributed by atoms with Crippen molar-refractivity contribution in [3.8, 4) is 0 Å². The Morgan fingerprint density at radius 2 is 1.90 bits per heavy atom. The van der Waals surface area contributed by atoms with Gasteiger partial charge in [0.2, 0.25) is 5.15 Å². The maximum atomic E-state index is 10.3. The third-order valence-corrected chi connectivity index (χ3v) is 2.85. The van der Waals surface area contributed by atoms with E-state index in [0.717, 1.165) is 25.4 Å². The van der Waals surface area contributed by atoms with Crippen LogP contribution >= 0.6 is 11.6 Å². The van der Waals surface area contributed by atoms with Crippen LogP contribution in [-0.2, 0) is 0 Å². The smallest absolute Gasteiger partial charge is 0.313 e. The minimum Gasteiger partial charge on any atom is -0.314 e. The van der Waals surface area contributed by atoms with Gasteiger partial charge >= 0.3 is 5.69 Å². The first-order chi connectivity index (χ1) is 9.41. The fourth-order valence-corrected chi connectivity index (χ4v) is 1.60. The van der Waals surface area contributed by atoms with Crippen molar-refractivity contribution in [1.29, 1.82) is 0 Å². The first-order valence-corrected chi connectivity index (χ1v) is 6.13. The van der Waals surface area contributed by atoms with E-state index in [0.29, 0.717) is 0 Å². The summed E-state index contributed by atoms with van der Waals surface area (Å²) in [7, 11) is 2.15. The van der Waals surface area contributed by atoms with E-state index in [-0.39, 0.29) is 5.15 Å². The predicted octanol–water partition coefficient (Wildman–Crippen LogP) is 1.07. The molecule has 0 saturated carbocycles. The molecule has 0 aliphatic carbocycles. The van der Waals surface area contributed by atoms with Gasteiger partial charge in [0, 0.05) is 26.2 Å². The second kappa shape index (κ2) is 7.68. The van der Waals surface area contributed by atoms with E-state index in [4.69, 9.17) is 11.6 Å². The van der Waals surface area contributed by atoms with Crippen LogP contribution in [0, 0.1) is 20.2 Å². The molecule has 0 radical (unpaired) electrons. The summed E-state index contributed by atoms with van der Waals surface area (Å²) in [5, 5.41) is 23.4. The number of rotatable bonds is 2. The van der Waals surface area contributed by atoms with Crippen LogP contribution in [0.5, 0.6) is 0 Å². The van der Waals surface area contributed by atoms with Crippen LogP contribution in [0.15, 0.2) is 12.3 Å². The lowest BCUT2D eigenvalue weighted by Gasteiger charge is -2.21. The maximum absolute atomic E-state index is 10.3. The molecule has 1 aliphatic heterocycles. The molecular weight excluding hydrogens is 290 g/mol. The molecule has 0 aromatic carbocycles. The minimum atomic E-state index is -0.831.